The van der Waals surface area contributed by atoms with Gasteiger partial charge in [0.2, 0.25) is 5.89 Å². The second-order valence-corrected chi connectivity index (χ2v) is 8.32. The van der Waals surface area contributed by atoms with Gasteiger partial charge in [0.05, 0.1) is 9.82 Å². The third-order valence-electron chi connectivity index (χ3n) is 3.65. The number of nitro benzene ring substituents is 1. The molecular formula is C16H20N4O6S. The minimum absolute atomic E-state index is 0.0930. The number of non-ortho nitro benzene ring substituents is 1. The molecule has 2 rings (SSSR count). The maximum absolute atomic E-state index is 12.2. The number of amides is 1. The lowest BCUT2D eigenvalue weighted by Crippen LogP contribution is -2.25. The normalized spacial score (nSPS) is 11.6. The zero-order valence-corrected chi connectivity index (χ0v) is 15.9. The molecule has 1 aromatic heterocycles. The Balaban J connectivity index is 2.00. The molecule has 0 spiro atoms. The number of rotatable bonds is 8. The van der Waals surface area contributed by atoms with Crippen molar-refractivity contribution in [1.29, 1.82) is 0 Å². The van der Waals surface area contributed by atoms with Crippen LogP contribution in [0.1, 0.15) is 48.3 Å². The van der Waals surface area contributed by atoms with E-state index >= 15 is 0 Å². The smallest absolute Gasteiger partial charge is 0.271 e. The van der Waals surface area contributed by atoms with Crippen molar-refractivity contribution in [2.45, 2.75) is 37.5 Å². The van der Waals surface area contributed by atoms with Gasteiger partial charge in [0, 0.05) is 42.8 Å². The van der Waals surface area contributed by atoms with E-state index in [0.717, 1.165) is 24.5 Å². The summed E-state index contributed by atoms with van der Waals surface area (Å²) in [7, 11) is -3.69. The van der Waals surface area contributed by atoms with Crippen LogP contribution in [-0.2, 0) is 16.3 Å². The molecule has 0 aliphatic rings. The number of benzene rings is 1. The van der Waals surface area contributed by atoms with Crippen LogP contribution in [-0.4, -0.2) is 42.2 Å². The standard InChI is InChI=1S/C16H20N4O6S/c1-10(2)15-18-14(26-19-15)5-4-6-17-16(21)11-7-12(20(22)23)9-13(8-11)27(3,24)25/h7-10H,4-6H2,1-3H3,(H,17,21). The molecule has 1 heterocycles. The second-order valence-electron chi connectivity index (χ2n) is 6.31. The van der Waals surface area contributed by atoms with E-state index in [9.17, 15) is 23.3 Å². The van der Waals surface area contributed by atoms with Crippen LogP contribution in [0.4, 0.5) is 5.69 Å². The van der Waals surface area contributed by atoms with E-state index in [1.807, 2.05) is 13.8 Å². The number of carbonyl (C=O) groups is 1. The van der Waals surface area contributed by atoms with Crippen molar-refractivity contribution in [1.82, 2.24) is 15.5 Å². The quantitative estimate of drug-likeness (QED) is 0.404. The molecule has 27 heavy (non-hydrogen) atoms. The molecule has 1 N–H and O–H groups in total. The van der Waals surface area contributed by atoms with E-state index < -0.39 is 26.4 Å². The molecule has 0 aliphatic heterocycles. The fraction of sp³-hybridized carbons (Fsp3) is 0.438. The van der Waals surface area contributed by atoms with Crippen molar-refractivity contribution in [2.75, 3.05) is 12.8 Å². The number of hydrogen-bond acceptors (Lipinski definition) is 8. The van der Waals surface area contributed by atoms with Crippen molar-refractivity contribution in [3.05, 3.63) is 45.6 Å². The predicted molar refractivity (Wildman–Crippen MR) is 95.2 cm³/mol. The van der Waals surface area contributed by atoms with Gasteiger partial charge in [-0.2, -0.15) is 4.98 Å². The van der Waals surface area contributed by atoms with E-state index in [0.29, 0.717) is 24.6 Å². The number of aryl methyl sites for hydroxylation is 1. The Morgan fingerprint density at radius 2 is 2.04 bits per heavy atom. The minimum Gasteiger partial charge on any atom is -0.352 e. The van der Waals surface area contributed by atoms with Gasteiger partial charge in [-0.15, -0.1) is 0 Å². The first kappa shape index (κ1) is 20.5. The molecule has 0 atom stereocenters. The van der Waals surface area contributed by atoms with Crippen molar-refractivity contribution in [3.8, 4) is 0 Å². The third-order valence-corrected chi connectivity index (χ3v) is 4.74. The highest BCUT2D eigenvalue weighted by molar-refractivity contribution is 7.90. The number of nitrogens with zero attached hydrogens (tertiary/aromatic N) is 3. The molecule has 0 saturated carbocycles. The summed E-state index contributed by atoms with van der Waals surface area (Å²) in [5, 5.41) is 17.4. The molecule has 11 heteroatoms. The molecule has 1 aromatic carbocycles. The number of sulfone groups is 1. The number of hydrogen-bond donors (Lipinski definition) is 1. The molecule has 0 aliphatic carbocycles. The third kappa shape index (κ3) is 5.58. The first-order valence-electron chi connectivity index (χ1n) is 8.18. The van der Waals surface area contributed by atoms with E-state index in [4.69, 9.17) is 4.52 Å². The van der Waals surface area contributed by atoms with Crippen LogP contribution in [0.2, 0.25) is 0 Å². The highest BCUT2D eigenvalue weighted by Crippen LogP contribution is 2.21. The number of carbonyl (C=O) groups excluding carboxylic acids is 1. The summed E-state index contributed by atoms with van der Waals surface area (Å²) in [6.45, 7) is 4.15. The van der Waals surface area contributed by atoms with Crippen molar-refractivity contribution >= 4 is 21.4 Å². The maximum atomic E-state index is 12.2. The molecule has 0 unspecified atom stereocenters. The summed E-state index contributed by atoms with van der Waals surface area (Å²) in [4.78, 5) is 26.4. The predicted octanol–water partition coefficient (Wildman–Crippen LogP) is 1.87. The maximum Gasteiger partial charge on any atom is 0.271 e. The first-order valence-corrected chi connectivity index (χ1v) is 10.1. The van der Waals surface area contributed by atoms with E-state index in [-0.39, 0.29) is 22.9 Å². The Kier molecular flexibility index (Phi) is 6.26. The average Bonchev–Trinajstić information content (AvgIpc) is 3.06. The summed E-state index contributed by atoms with van der Waals surface area (Å²) in [6, 6.07) is 3.08. The molecular weight excluding hydrogens is 376 g/mol. The summed E-state index contributed by atoms with van der Waals surface area (Å²) < 4.78 is 28.4. The highest BCUT2D eigenvalue weighted by Gasteiger charge is 2.19. The van der Waals surface area contributed by atoms with Gasteiger partial charge in [-0.1, -0.05) is 19.0 Å². The van der Waals surface area contributed by atoms with Gasteiger partial charge in [-0.05, 0) is 12.5 Å². The summed E-state index contributed by atoms with van der Waals surface area (Å²) >= 11 is 0. The molecule has 0 radical (unpaired) electrons. The van der Waals surface area contributed by atoms with E-state index in [2.05, 4.69) is 15.5 Å². The first-order chi connectivity index (χ1) is 12.6. The Labute approximate surface area is 156 Å². The van der Waals surface area contributed by atoms with Crippen LogP contribution >= 0.6 is 0 Å². The fourth-order valence-electron chi connectivity index (χ4n) is 2.18. The van der Waals surface area contributed by atoms with Crippen molar-refractivity contribution in [2.24, 2.45) is 0 Å². The second kappa shape index (κ2) is 8.25. The highest BCUT2D eigenvalue weighted by atomic mass is 32.2. The Morgan fingerprint density at radius 1 is 1.33 bits per heavy atom. The average molecular weight is 396 g/mol. The van der Waals surface area contributed by atoms with Crippen molar-refractivity contribution in [3.63, 3.8) is 0 Å². The zero-order valence-electron chi connectivity index (χ0n) is 15.1. The van der Waals surface area contributed by atoms with Crippen LogP contribution in [0.3, 0.4) is 0 Å². The number of aromatic nitrogens is 2. The molecule has 0 saturated heterocycles. The van der Waals surface area contributed by atoms with Gasteiger partial charge in [0.25, 0.3) is 11.6 Å². The zero-order chi connectivity index (χ0) is 20.2. The largest absolute Gasteiger partial charge is 0.352 e. The van der Waals surface area contributed by atoms with E-state index in [1.54, 1.807) is 0 Å². The Hall–Kier alpha value is -2.82. The molecule has 146 valence electrons. The topological polar surface area (TPSA) is 145 Å². The SMILES string of the molecule is CC(C)c1noc(CCCNC(=O)c2cc([N+](=O)[O-])cc(S(C)(=O)=O)c2)n1. The van der Waals surface area contributed by atoms with Gasteiger partial charge in [-0.25, -0.2) is 8.42 Å². The van der Waals surface area contributed by atoms with Crippen LogP contribution in [0.25, 0.3) is 0 Å². The van der Waals surface area contributed by atoms with Gasteiger partial charge < -0.3 is 9.84 Å². The van der Waals surface area contributed by atoms with Gasteiger partial charge in [-0.3, -0.25) is 14.9 Å². The molecule has 10 nitrogen and oxygen atoms in total. The molecule has 2 aromatic rings. The van der Waals surface area contributed by atoms with Crippen molar-refractivity contribution < 1.29 is 22.7 Å². The summed E-state index contributed by atoms with van der Waals surface area (Å²) in [5.41, 5.74) is -0.556. The lowest BCUT2D eigenvalue weighted by Gasteiger charge is -2.06. The number of nitrogens with one attached hydrogen (secondary N) is 1. The monoisotopic (exact) mass is 396 g/mol. The molecule has 0 fully saturated rings. The van der Waals surface area contributed by atoms with Gasteiger partial charge in [0.1, 0.15) is 0 Å². The Morgan fingerprint density at radius 3 is 2.59 bits per heavy atom. The Bertz CT molecular complexity index is 952. The van der Waals surface area contributed by atoms with Gasteiger partial charge in [0.15, 0.2) is 15.7 Å². The summed E-state index contributed by atoms with van der Waals surface area (Å²) in [5.74, 6) is 0.624. The lowest BCUT2D eigenvalue weighted by molar-refractivity contribution is -0.385. The molecule has 1 amide bonds. The van der Waals surface area contributed by atoms with Crippen LogP contribution < -0.4 is 5.32 Å². The minimum atomic E-state index is -3.69. The van der Waals surface area contributed by atoms with Crippen LogP contribution in [0.5, 0.6) is 0 Å². The lowest BCUT2D eigenvalue weighted by atomic mass is 10.2. The van der Waals surface area contributed by atoms with E-state index in [1.165, 1.54) is 0 Å². The molecule has 0 bridgehead atoms. The van der Waals surface area contributed by atoms with Gasteiger partial charge >= 0.3 is 0 Å². The summed E-state index contributed by atoms with van der Waals surface area (Å²) in [6.07, 6.45) is 1.90. The van der Waals surface area contributed by atoms with Crippen LogP contribution in [0, 0.1) is 10.1 Å². The van der Waals surface area contributed by atoms with Crippen LogP contribution in [0.15, 0.2) is 27.6 Å². The fourth-order valence-corrected chi connectivity index (χ4v) is 2.86. The number of nitro groups is 1.